The number of hydrogen-bond acceptors (Lipinski definition) is 2. The molecule has 2 nitrogen and oxygen atoms in total. The second-order valence-electron chi connectivity index (χ2n) is 5.84. The Morgan fingerprint density at radius 1 is 0.538 bits per heavy atom. The number of pyridine rings is 2. The molecule has 0 aliphatic rings. The van der Waals surface area contributed by atoms with Crippen LogP contribution in [-0.2, 0) is 0 Å². The Morgan fingerprint density at radius 2 is 1.12 bits per heavy atom. The van der Waals surface area contributed by atoms with Gasteiger partial charge in [-0.15, -0.1) is 0 Å². The fourth-order valence-electron chi connectivity index (χ4n) is 2.83. The molecule has 2 heterocycles. The summed E-state index contributed by atoms with van der Waals surface area (Å²) in [5.41, 5.74) is 5.94. The van der Waals surface area contributed by atoms with E-state index in [-0.39, 0.29) is 0 Å². The van der Waals surface area contributed by atoms with Crippen molar-refractivity contribution in [2.45, 2.75) is 0 Å². The molecule has 0 fully saturated rings. The summed E-state index contributed by atoms with van der Waals surface area (Å²) in [4.78, 5) is 9.02. The van der Waals surface area contributed by atoms with Gasteiger partial charge in [-0.1, -0.05) is 53.5 Å². The highest BCUT2D eigenvalue weighted by Crippen LogP contribution is 2.34. The average Bonchev–Trinajstić information content (AvgIpc) is 2.70. The van der Waals surface area contributed by atoms with Crippen molar-refractivity contribution < 1.29 is 0 Å². The van der Waals surface area contributed by atoms with Crippen LogP contribution in [0.3, 0.4) is 0 Å². The maximum atomic E-state index is 6.06. The van der Waals surface area contributed by atoms with Gasteiger partial charge < -0.3 is 0 Å². The number of nitrogens with zero attached hydrogens (tertiary/aromatic N) is 2. The highest BCUT2D eigenvalue weighted by molar-refractivity contribution is 6.31. The van der Waals surface area contributed by atoms with Crippen LogP contribution in [0.1, 0.15) is 0 Å². The molecule has 26 heavy (non-hydrogen) atoms. The molecule has 0 radical (unpaired) electrons. The van der Waals surface area contributed by atoms with Gasteiger partial charge in [-0.3, -0.25) is 4.98 Å². The minimum Gasteiger partial charge on any atom is -0.265 e. The first-order valence-corrected chi connectivity index (χ1v) is 8.89. The van der Waals surface area contributed by atoms with Gasteiger partial charge in [0.15, 0.2) is 0 Å². The van der Waals surface area contributed by atoms with Crippen molar-refractivity contribution in [3.63, 3.8) is 0 Å². The van der Waals surface area contributed by atoms with Crippen LogP contribution in [0.5, 0.6) is 0 Å². The fraction of sp³-hybridized carbons (Fsp3) is 0. The lowest BCUT2D eigenvalue weighted by Crippen LogP contribution is -1.93. The highest BCUT2D eigenvalue weighted by Gasteiger charge is 2.12. The third-order valence-electron chi connectivity index (χ3n) is 4.14. The van der Waals surface area contributed by atoms with Crippen molar-refractivity contribution in [3.8, 4) is 33.6 Å². The normalized spacial score (nSPS) is 10.7. The van der Waals surface area contributed by atoms with E-state index in [0.29, 0.717) is 10.0 Å². The average molecular weight is 377 g/mol. The Labute approximate surface area is 162 Å². The molecule has 0 aliphatic carbocycles. The Balaban J connectivity index is 1.90. The third kappa shape index (κ3) is 3.48. The predicted molar refractivity (Wildman–Crippen MR) is 108 cm³/mol. The monoisotopic (exact) mass is 376 g/mol. The number of halogens is 2. The van der Waals surface area contributed by atoms with E-state index >= 15 is 0 Å². The molecule has 0 unspecified atom stereocenters. The zero-order valence-corrected chi connectivity index (χ0v) is 15.2. The highest BCUT2D eigenvalue weighted by atomic mass is 35.5. The first-order valence-electron chi connectivity index (χ1n) is 8.14. The summed E-state index contributed by atoms with van der Waals surface area (Å²) in [5.74, 6) is 0. The lowest BCUT2D eigenvalue weighted by Gasteiger charge is -2.12. The van der Waals surface area contributed by atoms with Crippen LogP contribution < -0.4 is 0 Å². The molecule has 0 atom stereocenters. The van der Waals surface area contributed by atoms with Gasteiger partial charge in [-0.05, 0) is 48.0 Å². The minimum absolute atomic E-state index is 0.701. The molecule has 0 spiro atoms. The van der Waals surface area contributed by atoms with Gasteiger partial charge in [0.05, 0.1) is 11.4 Å². The molecule has 0 saturated carbocycles. The Bertz CT molecular complexity index is 1030. The fourth-order valence-corrected chi connectivity index (χ4v) is 3.08. The standard InChI is InChI=1S/C22H14Cl2N2/c23-18-5-1-15(2-6-18)20-9-10-21(16-11-13-25-14-12-16)26-22(20)17-3-7-19(24)8-4-17/h1-14H. The van der Waals surface area contributed by atoms with E-state index in [4.69, 9.17) is 28.2 Å². The molecule has 0 N–H and O–H groups in total. The Kier molecular flexibility index (Phi) is 4.70. The summed E-state index contributed by atoms with van der Waals surface area (Å²) >= 11 is 12.1. The zero-order valence-electron chi connectivity index (χ0n) is 13.7. The number of rotatable bonds is 3. The van der Waals surface area contributed by atoms with Gasteiger partial charge in [0.2, 0.25) is 0 Å². The molecule has 4 heteroatoms. The van der Waals surface area contributed by atoms with Crippen molar-refractivity contribution in [1.82, 2.24) is 9.97 Å². The van der Waals surface area contributed by atoms with E-state index in [2.05, 4.69) is 11.1 Å². The smallest absolute Gasteiger partial charge is 0.0787 e. The van der Waals surface area contributed by atoms with Crippen molar-refractivity contribution in [1.29, 1.82) is 0 Å². The molecular weight excluding hydrogens is 363 g/mol. The van der Waals surface area contributed by atoms with E-state index in [9.17, 15) is 0 Å². The molecule has 2 aromatic heterocycles. The molecule has 4 rings (SSSR count). The van der Waals surface area contributed by atoms with Gasteiger partial charge in [-0.2, -0.15) is 0 Å². The lowest BCUT2D eigenvalue weighted by atomic mass is 9.98. The zero-order chi connectivity index (χ0) is 17.9. The maximum Gasteiger partial charge on any atom is 0.0787 e. The SMILES string of the molecule is Clc1ccc(-c2ccc(-c3ccncc3)nc2-c2ccc(Cl)cc2)cc1. The predicted octanol–water partition coefficient (Wildman–Crippen LogP) is 6.78. The second-order valence-corrected chi connectivity index (χ2v) is 6.72. The first kappa shape index (κ1) is 16.8. The second kappa shape index (κ2) is 7.28. The molecule has 4 aromatic rings. The molecule has 126 valence electrons. The number of benzene rings is 2. The third-order valence-corrected chi connectivity index (χ3v) is 4.65. The van der Waals surface area contributed by atoms with Gasteiger partial charge in [0, 0.05) is 39.1 Å². The van der Waals surface area contributed by atoms with E-state index < -0.39 is 0 Å². The lowest BCUT2D eigenvalue weighted by molar-refractivity contribution is 1.29. The number of hydrogen-bond donors (Lipinski definition) is 0. The van der Waals surface area contributed by atoms with Crippen molar-refractivity contribution in [2.24, 2.45) is 0 Å². The Morgan fingerprint density at radius 3 is 1.73 bits per heavy atom. The summed E-state index contributed by atoms with van der Waals surface area (Å²) in [6.07, 6.45) is 3.54. The molecule has 0 bridgehead atoms. The van der Waals surface area contributed by atoms with Gasteiger partial charge >= 0.3 is 0 Å². The van der Waals surface area contributed by atoms with Gasteiger partial charge in [-0.25, -0.2) is 4.98 Å². The van der Waals surface area contributed by atoms with E-state index in [0.717, 1.165) is 33.6 Å². The Hall–Kier alpha value is -2.68. The molecule has 0 saturated heterocycles. The molecule has 0 amide bonds. The maximum absolute atomic E-state index is 6.06. The van der Waals surface area contributed by atoms with E-state index in [1.807, 2.05) is 66.7 Å². The summed E-state index contributed by atoms with van der Waals surface area (Å²) in [6, 6.07) is 23.5. The summed E-state index contributed by atoms with van der Waals surface area (Å²) < 4.78 is 0. The molecule has 0 aliphatic heterocycles. The van der Waals surface area contributed by atoms with Crippen molar-refractivity contribution in [2.75, 3.05) is 0 Å². The summed E-state index contributed by atoms with van der Waals surface area (Å²) in [7, 11) is 0. The van der Waals surface area contributed by atoms with E-state index in [1.54, 1.807) is 12.4 Å². The quantitative estimate of drug-likeness (QED) is 0.393. The van der Waals surface area contributed by atoms with Crippen molar-refractivity contribution >= 4 is 23.2 Å². The summed E-state index contributed by atoms with van der Waals surface area (Å²) in [5, 5.41) is 1.41. The van der Waals surface area contributed by atoms with Crippen LogP contribution >= 0.6 is 23.2 Å². The van der Waals surface area contributed by atoms with Crippen LogP contribution in [0.4, 0.5) is 0 Å². The summed E-state index contributed by atoms with van der Waals surface area (Å²) in [6.45, 7) is 0. The van der Waals surface area contributed by atoms with Gasteiger partial charge in [0.1, 0.15) is 0 Å². The van der Waals surface area contributed by atoms with Crippen LogP contribution in [-0.4, -0.2) is 9.97 Å². The van der Waals surface area contributed by atoms with Crippen molar-refractivity contribution in [3.05, 3.63) is 95.2 Å². The topological polar surface area (TPSA) is 25.8 Å². The molecule has 2 aromatic carbocycles. The largest absolute Gasteiger partial charge is 0.265 e. The van der Waals surface area contributed by atoms with Gasteiger partial charge in [0.25, 0.3) is 0 Å². The number of aromatic nitrogens is 2. The first-order chi connectivity index (χ1) is 12.7. The van der Waals surface area contributed by atoms with Crippen LogP contribution in [0, 0.1) is 0 Å². The van der Waals surface area contributed by atoms with Crippen LogP contribution in [0.15, 0.2) is 85.2 Å². The van der Waals surface area contributed by atoms with Crippen LogP contribution in [0.2, 0.25) is 10.0 Å². The van der Waals surface area contributed by atoms with E-state index in [1.165, 1.54) is 0 Å². The molecular formula is C22H14Cl2N2. The van der Waals surface area contributed by atoms with Crippen LogP contribution in [0.25, 0.3) is 33.6 Å². The minimum atomic E-state index is 0.701.